The molecular formula is C20H15ClFNO3S. The molecule has 0 bridgehead atoms. The van der Waals surface area contributed by atoms with Crippen LogP contribution in [-0.2, 0) is 11.3 Å². The predicted molar refractivity (Wildman–Crippen MR) is 105 cm³/mol. The normalized spacial score (nSPS) is 15.5. The number of imide groups is 1. The number of thioether (sulfide) groups is 1. The zero-order chi connectivity index (χ0) is 19.4. The highest BCUT2D eigenvalue weighted by Gasteiger charge is 2.34. The quantitative estimate of drug-likeness (QED) is 0.486. The molecule has 7 heteroatoms. The molecule has 27 heavy (non-hydrogen) atoms. The maximum absolute atomic E-state index is 13.0. The molecule has 3 rings (SSSR count). The Labute approximate surface area is 165 Å². The van der Waals surface area contributed by atoms with Crippen molar-refractivity contribution >= 4 is 40.6 Å². The van der Waals surface area contributed by atoms with E-state index < -0.39 is 5.91 Å². The molecular weight excluding hydrogens is 389 g/mol. The monoisotopic (exact) mass is 403 g/mol. The number of ether oxygens (including phenoxy) is 1. The minimum Gasteiger partial charge on any atom is -0.488 e. The van der Waals surface area contributed by atoms with Crippen molar-refractivity contribution in [1.29, 1.82) is 0 Å². The molecule has 4 nitrogen and oxygen atoms in total. The van der Waals surface area contributed by atoms with Crippen LogP contribution in [0.1, 0.15) is 11.1 Å². The average molecular weight is 404 g/mol. The standard InChI is InChI=1S/C20H15ClFNO3S/c1-2-9-26-17-8-5-14(10-16(17)21)11-18-19(24)23(20(25)27-18)12-13-3-6-15(22)7-4-13/h2-8,10-11H,1,9,12H2/b18-11-. The molecule has 1 aliphatic heterocycles. The van der Waals surface area contributed by atoms with Crippen molar-refractivity contribution in [1.82, 2.24) is 4.90 Å². The molecule has 0 radical (unpaired) electrons. The van der Waals surface area contributed by atoms with Crippen LogP contribution < -0.4 is 4.74 Å². The fourth-order valence-electron chi connectivity index (χ4n) is 2.43. The van der Waals surface area contributed by atoms with Gasteiger partial charge < -0.3 is 4.74 Å². The smallest absolute Gasteiger partial charge is 0.293 e. The molecule has 1 heterocycles. The highest BCUT2D eigenvalue weighted by atomic mass is 35.5. The zero-order valence-electron chi connectivity index (χ0n) is 14.2. The highest BCUT2D eigenvalue weighted by Crippen LogP contribution is 2.34. The molecule has 1 saturated heterocycles. The third kappa shape index (κ3) is 4.59. The number of hydrogen-bond donors (Lipinski definition) is 0. The van der Waals surface area contributed by atoms with Crippen molar-refractivity contribution in [2.75, 3.05) is 6.61 Å². The van der Waals surface area contributed by atoms with E-state index in [1.54, 1.807) is 42.5 Å². The molecule has 138 valence electrons. The van der Waals surface area contributed by atoms with Gasteiger partial charge in [-0.25, -0.2) is 4.39 Å². The Kier molecular flexibility index (Phi) is 5.98. The third-order valence-corrected chi connectivity index (χ3v) is 4.94. The lowest BCUT2D eigenvalue weighted by Gasteiger charge is -2.12. The molecule has 2 aromatic carbocycles. The number of carbonyl (C=O) groups is 2. The summed E-state index contributed by atoms with van der Waals surface area (Å²) in [5.74, 6) is -0.249. The van der Waals surface area contributed by atoms with Crippen molar-refractivity contribution in [2.24, 2.45) is 0 Å². The Balaban J connectivity index is 1.76. The lowest BCUT2D eigenvalue weighted by Crippen LogP contribution is -2.27. The number of hydrogen-bond acceptors (Lipinski definition) is 4. The summed E-state index contributed by atoms with van der Waals surface area (Å²) in [7, 11) is 0. The number of benzene rings is 2. The minimum absolute atomic E-state index is 0.0946. The molecule has 0 aliphatic carbocycles. The second-order valence-corrected chi connectivity index (χ2v) is 7.08. The first-order valence-electron chi connectivity index (χ1n) is 8.01. The maximum Gasteiger partial charge on any atom is 0.293 e. The molecule has 0 N–H and O–H groups in total. The van der Waals surface area contributed by atoms with Gasteiger partial charge in [0.2, 0.25) is 0 Å². The highest BCUT2D eigenvalue weighted by molar-refractivity contribution is 8.18. The molecule has 0 saturated carbocycles. The summed E-state index contributed by atoms with van der Waals surface area (Å²) in [5, 5.41) is 0.0312. The van der Waals surface area contributed by atoms with Gasteiger partial charge in [-0.3, -0.25) is 14.5 Å². The van der Waals surface area contributed by atoms with Crippen LogP contribution in [-0.4, -0.2) is 22.7 Å². The molecule has 1 aliphatic rings. The molecule has 0 atom stereocenters. The van der Waals surface area contributed by atoms with E-state index in [4.69, 9.17) is 16.3 Å². The van der Waals surface area contributed by atoms with Gasteiger partial charge in [-0.05, 0) is 53.2 Å². The summed E-state index contributed by atoms with van der Waals surface area (Å²) < 4.78 is 18.4. The Hall–Kier alpha value is -2.57. The van der Waals surface area contributed by atoms with Gasteiger partial charge in [0.25, 0.3) is 11.1 Å². The van der Waals surface area contributed by atoms with Crippen molar-refractivity contribution in [3.05, 3.63) is 82.0 Å². The van der Waals surface area contributed by atoms with Gasteiger partial charge in [0.05, 0.1) is 16.5 Å². The number of amides is 2. The lowest BCUT2D eigenvalue weighted by atomic mass is 10.2. The van der Waals surface area contributed by atoms with E-state index in [2.05, 4.69) is 6.58 Å². The number of carbonyl (C=O) groups excluding carboxylic acids is 2. The SMILES string of the molecule is C=CCOc1ccc(/C=C2\SC(=O)N(Cc3ccc(F)cc3)C2=O)cc1Cl. The van der Waals surface area contributed by atoms with E-state index in [-0.39, 0.29) is 17.6 Å². The van der Waals surface area contributed by atoms with Crippen LogP contribution >= 0.6 is 23.4 Å². The molecule has 2 amide bonds. The first kappa shape index (κ1) is 19.2. The maximum atomic E-state index is 13.0. The largest absolute Gasteiger partial charge is 0.488 e. The van der Waals surface area contributed by atoms with Gasteiger partial charge in [-0.1, -0.05) is 42.5 Å². The van der Waals surface area contributed by atoms with Crippen molar-refractivity contribution in [3.63, 3.8) is 0 Å². The van der Waals surface area contributed by atoms with Crippen LogP contribution in [0, 0.1) is 5.82 Å². The van der Waals surface area contributed by atoms with Crippen LogP contribution in [0.4, 0.5) is 9.18 Å². The number of halogens is 2. The topological polar surface area (TPSA) is 46.6 Å². The van der Waals surface area contributed by atoms with Crippen molar-refractivity contribution in [2.45, 2.75) is 6.54 Å². The van der Waals surface area contributed by atoms with Gasteiger partial charge >= 0.3 is 0 Å². The Morgan fingerprint density at radius 3 is 2.59 bits per heavy atom. The summed E-state index contributed by atoms with van der Waals surface area (Å²) in [5.41, 5.74) is 1.35. The zero-order valence-corrected chi connectivity index (χ0v) is 15.7. The average Bonchev–Trinajstić information content (AvgIpc) is 2.90. The van der Waals surface area contributed by atoms with E-state index in [1.165, 1.54) is 12.1 Å². The number of nitrogens with zero attached hydrogens (tertiary/aromatic N) is 1. The predicted octanol–water partition coefficient (Wildman–Crippen LogP) is 5.28. The Morgan fingerprint density at radius 2 is 1.93 bits per heavy atom. The van der Waals surface area contributed by atoms with E-state index in [9.17, 15) is 14.0 Å². The third-order valence-electron chi connectivity index (χ3n) is 3.74. The molecule has 0 spiro atoms. The van der Waals surface area contributed by atoms with Crippen molar-refractivity contribution in [3.8, 4) is 5.75 Å². The molecule has 2 aromatic rings. The summed E-state index contributed by atoms with van der Waals surface area (Å²) in [6.45, 7) is 4.00. The van der Waals surface area contributed by atoms with E-state index >= 15 is 0 Å². The first-order chi connectivity index (χ1) is 13.0. The Morgan fingerprint density at radius 1 is 1.19 bits per heavy atom. The lowest BCUT2D eigenvalue weighted by molar-refractivity contribution is -0.123. The van der Waals surface area contributed by atoms with Gasteiger partial charge in [-0.15, -0.1) is 0 Å². The molecule has 0 unspecified atom stereocenters. The second kappa shape index (κ2) is 8.41. The summed E-state index contributed by atoms with van der Waals surface area (Å²) in [4.78, 5) is 26.2. The Bertz CT molecular complexity index is 927. The first-order valence-corrected chi connectivity index (χ1v) is 9.20. The van der Waals surface area contributed by atoms with Gasteiger partial charge in [0, 0.05) is 0 Å². The fourth-order valence-corrected chi connectivity index (χ4v) is 3.51. The molecule has 1 fully saturated rings. The van der Waals surface area contributed by atoms with Crippen LogP contribution in [0.5, 0.6) is 5.75 Å². The number of rotatable bonds is 6. The van der Waals surface area contributed by atoms with Gasteiger partial charge in [-0.2, -0.15) is 0 Å². The molecule has 0 aromatic heterocycles. The van der Waals surface area contributed by atoms with Crippen LogP contribution in [0.15, 0.2) is 60.0 Å². The fraction of sp³-hybridized carbons (Fsp3) is 0.100. The van der Waals surface area contributed by atoms with E-state index in [0.29, 0.717) is 33.4 Å². The second-order valence-electron chi connectivity index (χ2n) is 5.68. The van der Waals surface area contributed by atoms with E-state index in [1.807, 2.05) is 0 Å². The van der Waals surface area contributed by atoms with Crippen LogP contribution in [0.3, 0.4) is 0 Å². The van der Waals surface area contributed by atoms with Gasteiger partial charge in [0.15, 0.2) is 0 Å². The van der Waals surface area contributed by atoms with Crippen LogP contribution in [0.2, 0.25) is 5.02 Å². The van der Waals surface area contributed by atoms with E-state index in [0.717, 1.165) is 16.7 Å². The minimum atomic E-state index is -0.391. The van der Waals surface area contributed by atoms with Crippen LogP contribution in [0.25, 0.3) is 6.08 Å². The summed E-state index contributed by atoms with van der Waals surface area (Å²) in [6, 6.07) is 10.8. The summed E-state index contributed by atoms with van der Waals surface area (Å²) in [6.07, 6.45) is 3.22. The van der Waals surface area contributed by atoms with Gasteiger partial charge in [0.1, 0.15) is 18.2 Å². The summed E-state index contributed by atoms with van der Waals surface area (Å²) >= 11 is 7.04. The van der Waals surface area contributed by atoms with Crippen molar-refractivity contribution < 1.29 is 18.7 Å².